The van der Waals surface area contributed by atoms with E-state index in [1.54, 1.807) is 6.08 Å². The van der Waals surface area contributed by atoms with Gasteiger partial charge in [0, 0.05) is 12.8 Å². The third kappa shape index (κ3) is 32.9. The average Bonchev–Trinajstić information content (AvgIpc) is 3.09. The zero-order chi connectivity index (χ0) is 38.5. The van der Waals surface area contributed by atoms with Crippen LogP contribution in [0.25, 0.3) is 0 Å². The van der Waals surface area contributed by atoms with Gasteiger partial charge in [-0.1, -0.05) is 152 Å². The van der Waals surface area contributed by atoms with Crippen LogP contribution in [0.5, 0.6) is 0 Å². The lowest BCUT2D eigenvalue weighted by Gasteiger charge is -2.31. The largest absolute Gasteiger partial charge is 0.477 e. The molecular formula is C44H76NO7+. The van der Waals surface area contributed by atoms with Gasteiger partial charge in [0.05, 0.1) is 40.8 Å². The number of carbonyl (C=O) groups is 3. The molecule has 8 nitrogen and oxygen atoms in total. The maximum Gasteiger partial charge on any atom is 0.362 e. The van der Waals surface area contributed by atoms with Gasteiger partial charge in [0.15, 0.2) is 12.1 Å². The van der Waals surface area contributed by atoms with Crippen LogP contribution in [0.1, 0.15) is 149 Å². The molecule has 0 amide bonds. The van der Waals surface area contributed by atoms with E-state index in [1.165, 1.54) is 64.2 Å². The number of carboxylic acids is 1. The third-order valence-electron chi connectivity index (χ3n) is 8.71. The number of esters is 2. The first-order valence-corrected chi connectivity index (χ1v) is 20.3. The topological polar surface area (TPSA) is 99.1 Å². The van der Waals surface area contributed by atoms with Crippen molar-refractivity contribution in [2.75, 3.05) is 41.0 Å². The van der Waals surface area contributed by atoms with Crippen LogP contribution in [0.4, 0.5) is 0 Å². The van der Waals surface area contributed by atoms with Gasteiger partial charge < -0.3 is 23.8 Å². The lowest BCUT2D eigenvalue weighted by molar-refractivity contribution is -0.887. The van der Waals surface area contributed by atoms with Crippen molar-refractivity contribution in [3.05, 3.63) is 60.8 Å². The van der Waals surface area contributed by atoms with Crippen LogP contribution in [-0.2, 0) is 28.6 Å². The van der Waals surface area contributed by atoms with Crippen molar-refractivity contribution in [2.45, 2.75) is 161 Å². The zero-order valence-electron chi connectivity index (χ0n) is 33.7. The van der Waals surface area contributed by atoms with Crippen LogP contribution >= 0.6 is 0 Å². The van der Waals surface area contributed by atoms with Crippen LogP contribution < -0.4 is 0 Å². The van der Waals surface area contributed by atoms with E-state index in [-0.39, 0.29) is 36.7 Å². The second kappa shape index (κ2) is 35.1. The molecule has 1 N–H and O–H groups in total. The molecule has 52 heavy (non-hydrogen) atoms. The molecule has 0 bridgehead atoms. The second-order valence-corrected chi connectivity index (χ2v) is 14.5. The van der Waals surface area contributed by atoms with Gasteiger partial charge in [0.1, 0.15) is 6.61 Å². The predicted octanol–water partition coefficient (Wildman–Crippen LogP) is 10.6. The van der Waals surface area contributed by atoms with Gasteiger partial charge in [-0.05, 0) is 38.5 Å². The highest BCUT2D eigenvalue weighted by Crippen LogP contribution is 2.14. The molecule has 0 radical (unpaired) electrons. The molecule has 0 saturated carbocycles. The number of likely N-dealkylation sites (N-methyl/N-ethyl adjacent to an activating group) is 1. The number of carbonyl (C=O) groups excluding carboxylic acids is 2. The number of allylic oxidation sites excluding steroid dienone is 9. The number of rotatable bonds is 35. The smallest absolute Gasteiger partial charge is 0.362 e. The molecule has 298 valence electrons. The number of hydrogen-bond acceptors (Lipinski definition) is 6. The van der Waals surface area contributed by atoms with E-state index in [0.29, 0.717) is 19.3 Å². The van der Waals surface area contributed by atoms with E-state index >= 15 is 0 Å². The number of quaternary nitrogens is 1. The van der Waals surface area contributed by atoms with Gasteiger partial charge in [-0.2, -0.15) is 0 Å². The quantitative estimate of drug-likeness (QED) is 0.0300. The number of hydrogen-bond donors (Lipinski definition) is 1. The van der Waals surface area contributed by atoms with Crippen molar-refractivity contribution < 1.29 is 38.2 Å². The van der Waals surface area contributed by atoms with Gasteiger partial charge in [-0.3, -0.25) is 9.59 Å². The first kappa shape index (κ1) is 49.0. The molecule has 0 aliphatic rings. The van der Waals surface area contributed by atoms with Gasteiger partial charge >= 0.3 is 17.9 Å². The number of ether oxygens (including phenoxy) is 3. The fraction of sp³-hybridized carbons (Fsp3) is 0.705. The maximum atomic E-state index is 12.6. The minimum atomic E-state index is -0.891. The predicted molar refractivity (Wildman–Crippen MR) is 215 cm³/mol. The molecule has 0 rings (SSSR count). The van der Waals surface area contributed by atoms with E-state index in [9.17, 15) is 19.5 Å². The maximum absolute atomic E-state index is 12.6. The van der Waals surface area contributed by atoms with Crippen molar-refractivity contribution in [3.8, 4) is 0 Å². The standard InChI is InChI=1S/C44H75NO7/c1-6-8-10-12-14-16-18-20-21-23-25-27-29-31-33-35-43(47)52-40(38-50-37-36-41(44(48)49)45(3,4)5)39-51-42(46)34-32-30-28-26-24-22-19-17-15-13-11-9-7-2/h8,10,14,16,20-21,25,27,31,33,40-41H,6-7,9,11-13,15,17-19,22-24,26,28-30,32,34-39H2,1-5H3/p+1/b10-8-,16-14-,21-20-,27-25-,33-31-. The molecule has 0 aromatic heterocycles. The summed E-state index contributed by atoms with van der Waals surface area (Å²) in [6.45, 7) is 4.50. The lowest BCUT2D eigenvalue weighted by Crippen LogP contribution is -2.50. The second-order valence-electron chi connectivity index (χ2n) is 14.5. The molecule has 0 heterocycles. The number of aliphatic carboxylic acids is 1. The Balaban J connectivity index is 4.54. The summed E-state index contributed by atoms with van der Waals surface area (Å²) in [6, 6.07) is -0.630. The average molecular weight is 731 g/mol. The molecule has 0 aliphatic heterocycles. The molecular weight excluding hydrogens is 654 g/mol. The van der Waals surface area contributed by atoms with Crippen LogP contribution in [0.15, 0.2) is 60.8 Å². The Morgan fingerprint density at radius 3 is 1.52 bits per heavy atom. The normalized spacial score (nSPS) is 13.6. The van der Waals surface area contributed by atoms with Crippen LogP contribution in [-0.4, -0.2) is 80.6 Å². The van der Waals surface area contributed by atoms with Gasteiger partial charge in [-0.25, -0.2) is 4.79 Å². The van der Waals surface area contributed by atoms with Crippen molar-refractivity contribution in [3.63, 3.8) is 0 Å². The summed E-state index contributed by atoms with van der Waals surface area (Å²) in [7, 11) is 5.48. The van der Waals surface area contributed by atoms with E-state index in [1.807, 2.05) is 27.2 Å². The Bertz CT molecular complexity index is 1040. The van der Waals surface area contributed by atoms with Crippen LogP contribution in [0.3, 0.4) is 0 Å². The highest BCUT2D eigenvalue weighted by molar-refractivity contribution is 5.72. The van der Waals surface area contributed by atoms with Crippen LogP contribution in [0, 0.1) is 0 Å². The minimum Gasteiger partial charge on any atom is -0.477 e. The highest BCUT2D eigenvalue weighted by atomic mass is 16.6. The number of carboxylic acid groups (broad SMARTS) is 1. The van der Waals surface area contributed by atoms with Gasteiger partial charge in [0.2, 0.25) is 0 Å². The lowest BCUT2D eigenvalue weighted by atomic mass is 10.0. The molecule has 0 aromatic rings. The van der Waals surface area contributed by atoms with Crippen molar-refractivity contribution in [2.24, 2.45) is 0 Å². The monoisotopic (exact) mass is 731 g/mol. The summed E-state index contributed by atoms with van der Waals surface area (Å²) >= 11 is 0. The zero-order valence-corrected chi connectivity index (χ0v) is 33.7. The summed E-state index contributed by atoms with van der Waals surface area (Å²) in [5, 5.41) is 9.59. The molecule has 2 unspecified atom stereocenters. The highest BCUT2D eigenvalue weighted by Gasteiger charge is 2.31. The van der Waals surface area contributed by atoms with Crippen molar-refractivity contribution in [1.29, 1.82) is 0 Å². The SMILES string of the molecule is CC/C=C\C/C=C\C/C=C\C/C=C\C/C=C\CC(=O)OC(COCCC(C(=O)O)[N+](C)(C)C)COC(=O)CCCCCCCCCCCCCCC. The fourth-order valence-corrected chi connectivity index (χ4v) is 5.58. The fourth-order valence-electron chi connectivity index (χ4n) is 5.58. The summed E-state index contributed by atoms with van der Waals surface area (Å²) in [5.74, 6) is -1.63. The van der Waals surface area contributed by atoms with Crippen LogP contribution in [0.2, 0.25) is 0 Å². The van der Waals surface area contributed by atoms with E-state index in [2.05, 4.69) is 62.5 Å². The number of unbranched alkanes of at least 4 members (excludes halogenated alkanes) is 12. The Kier molecular flexibility index (Phi) is 33.1. The molecule has 8 heteroatoms. The summed E-state index contributed by atoms with van der Waals surface area (Å²) in [5.41, 5.74) is 0. The van der Waals surface area contributed by atoms with Crippen molar-refractivity contribution in [1.82, 2.24) is 0 Å². The Morgan fingerprint density at radius 2 is 1.06 bits per heavy atom. The van der Waals surface area contributed by atoms with Crippen molar-refractivity contribution >= 4 is 17.9 Å². The molecule has 0 aliphatic carbocycles. The Morgan fingerprint density at radius 1 is 0.596 bits per heavy atom. The first-order valence-electron chi connectivity index (χ1n) is 20.3. The molecule has 0 fully saturated rings. The summed E-state index contributed by atoms with van der Waals surface area (Å²) in [4.78, 5) is 36.8. The Labute approximate surface area is 318 Å². The first-order chi connectivity index (χ1) is 25.1. The van der Waals surface area contributed by atoms with E-state index in [0.717, 1.165) is 44.9 Å². The van der Waals surface area contributed by atoms with E-state index < -0.39 is 24.1 Å². The number of nitrogens with zero attached hydrogens (tertiary/aromatic N) is 1. The molecule has 0 saturated heterocycles. The molecule has 0 spiro atoms. The summed E-state index contributed by atoms with van der Waals surface area (Å²) in [6.07, 6.45) is 41.5. The van der Waals surface area contributed by atoms with Gasteiger partial charge in [0.25, 0.3) is 0 Å². The van der Waals surface area contributed by atoms with E-state index in [4.69, 9.17) is 14.2 Å². The minimum absolute atomic E-state index is 0.0207. The molecule has 2 atom stereocenters. The molecule has 0 aromatic carbocycles. The summed E-state index contributed by atoms with van der Waals surface area (Å²) < 4.78 is 17.1. The third-order valence-corrected chi connectivity index (χ3v) is 8.71. The Hall–Kier alpha value is -2.97. The van der Waals surface area contributed by atoms with Gasteiger partial charge in [-0.15, -0.1) is 0 Å².